The van der Waals surface area contributed by atoms with E-state index in [-0.39, 0.29) is 16.9 Å². The minimum atomic E-state index is -0.100. The van der Waals surface area contributed by atoms with Crippen molar-refractivity contribution in [2.75, 3.05) is 0 Å². The summed E-state index contributed by atoms with van der Waals surface area (Å²) in [5.74, 6) is 3.10. The number of carbonyl (C=O) groups excluding carboxylic acids is 1. The Labute approximate surface area is 134 Å². The highest BCUT2D eigenvalue weighted by atomic mass is 16.3. The number of carbonyl (C=O) groups is 1. The van der Waals surface area contributed by atoms with Gasteiger partial charge in [-0.3, -0.25) is 4.79 Å². The van der Waals surface area contributed by atoms with Gasteiger partial charge in [0.05, 0.1) is 6.10 Å². The summed E-state index contributed by atoms with van der Waals surface area (Å²) in [7, 11) is 0. The maximum Gasteiger partial charge on any atom is 0.136 e. The van der Waals surface area contributed by atoms with Crippen LogP contribution in [0, 0.1) is 34.5 Å². The van der Waals surface area contributed by atoms with Crippen molar-refractivity contribution < 1.29 is 9.90 Å². The van der Waals surface area contributed by atoms with Gasteiger partial charge in [-0.2, -0.15) is 0 Å². The molecule has 4 aliphatic carbocycles. The second-order valence-corrected chi connectivity index (χ2v) is 9.11. The summed E-state index contributed by atoms with van der Waals surface area (Å²) in [6.45, 7) is 7.13. The van der Waals surface area contributed by atoms with Gasteiger partial charge >= 0.3 is 0 Å². The maximum atomic E-state index is 11.9. The van der Waals surface area contributed by atoms with Gasteiger partial charge in [0.15, 0.2) is 0 Å². The zero-order valence-corrected chi connectivity index (χ0v) is 14.3. The van der Waals surface area contributed by atoms with Gasteiger partial charge in [0, 0.05) is 12.8 Å². The maximum absolute atomic E-state index is 11.9. The first-order valence-corrected chi connectivity index (χ1v) is 9.27. The zero-order chi connectivity index (χ0) is 15.7. The molecule has 0 aliphatic heterocycles. The Morgan fingerprint density at radius 1 is 1.14 bits per heavy atom. The second-order valence-electron chi connectivity index (χ2n) is 9.11. The number of rotatable bonds is 0. The van der Waals surface area contributed by atoms with Crippen molar-refractivity contribution in [3.05, 3.63) is 11.6 Å². The Balaban J connectivity index is 1.74. The van der Waals surface area contributed by atoms with E-state index in [4.69, 9.17) is 0 Å². The van der Waals surface area contributed by atoms with Crippen LogP contribution < -0.4 is 0 Å². The van der Waals surface area contributed by atoms with Crippen molar-refractivity contribution in [1.29, 1.82) is 0 Å². The summed E-state index contributed by atoms with van der Waals surface area (Å²) in [6.07, 6.45) is 9.47. The minimum absolute atomic E-state index is 0.100. The summed E-state index contributed by atoms with van der Waals surface area (Å²) in [5.41, 5.74) is 1.83. The molecule has 0 bridgehead atoms. The SMILES string of the molecule is CC1C=C2CC(=O)CCC2(C)C2CCC3(C)C(O)CCC3C12. The third kappa shape index (κ3) is 1.79. The summed E-state index contributed by atoms with van der Waals surface area (Å²) in [6, 6.07) is 0. The Bertz CT molecular complexity index is 536. The molecule has 122 valence electrons. The topological polar surface area (TPSA) is 37.3 Å². The molecule has 0 amide bonds. The largest absolute Gasteiger partial charge is 0.393 e. The smallest absolute Gasteiger partial charge is 0.136 e. The number of Topliss-reactive ketones (excluding diaryl/α,β-unsaturated/α-hetero) is 1. The standard InChI is InChI=1S/C20H30O2/c1-12-10-13-11-14(21)6-8-19(13,2)16-7-9-20(3)15(18(12)16)4-5-17(20)22/h10,12,15-18,22H,4-9,11H2,1-3H3. The molecular weight excluding hydrogens is 272 g/mol. The first-order chi connectivity index (χ1) is 10.4. The lowest BCUT2D eigenvalue weighted by molar-refractivity contribution is -0.123. The predicted molar refractivity (Wildman–Crippen MR) is 87.3 cm³/mol. The Morgan fingerprint density at radius 3 is 2.68 bits per heavy atom. The monoisotopic (exact) mass is 302 g/mol. The summed E-state index contributed by atoms with van der Waals surface area (Å²) < 4.78 is 0. The van der Waals surface area contributed by atoms with E-state index >= 15 is 0 Å². The molecule has 2 heteroatoms. The van der Waals surface area contributed by atoms with E-state index in [2.05, 4.69) is 26.8 Å². The lowest BCUT2D eigenvalue weighted by Crippen LogP contribution is -2.53. The van der Waals surface area contributed by atoms with Crippen molar-refractivity contribution in [2.45, 2.75) is 71.8 Å². The molecule has 3 fully saturated rings. The molecule has 22 heavy (non-hydrogen) atoms. The van der Waals surface area contributed by atoms with Crippen LogP contribution in [0.4, 0.5) is 0 Å². The van der Waals surface area contributed by atoms with E-state index in [0.717, 1.165) is 25.2 Å². The second kappa shape index (κ2) is 4.69. The first kappa shape index (κ1) is 14.9. The van der Waals surface area contributed by atoms with Crippen LogP contribution in [0.3, 0.4) is 0 Å². The normalized spacial score (nSPS) is 54.3. The Hall–Kier alpha value is -0.630. The lowest BCUT2D eigenvalue weighted by Gasteiger charge is -2.58. The molecule has 0 aromatic heterocycles. The highest BCUT2D eigenvalue weighted by molar-refractivity contribution is 5.82. The average molecular weight is 302 g/mol. The molecule has 3 saturated carbocycles. The van der Waals surface area contributed by atoms with Crippen molar-refractivity contribution in [2.24, 2.45) is 34.5 Å². The molecule has 0 radical (unpaired) electrons. The molecule has 4 aliphatic rings. The predicted octanol–water partition coefficient (Wildman–Crippen LogP) is 4.13. The van der Waals surface area contributed by atoms with Gasteiger partial charge in [0.25, 0.3) is 0 Å². The van der Waals surface area contributed by atoms with Gasteiger partial charge in [0.1, 0.15) is 5.78 Å². The number of fused-ring (bicyclic) bond motifs is 5. The van der Waals surface area contributed by atoms with Crippen LogP contribution in [0.1, 0.15) is 65.7 Å². The summed E-state index contributed by atoms with van der Waals surface area (Å²) in [4.78, 5) is 11.9. The fraction of sp³-hybridized carbons (Fsp3) is 0.850. The van der Waals surface area contributed by atoms with E-state index in [1.807, 2.05) is 0 Å². The number of hydrogen-bond donors (Lipinski definition) is 1. The summed E-state index contributed by atoms with van der Waals surface area (Å²) >= 11 is 0. The molecule has 7 unspecified atom stereocenters. The zero-order valence-electron chi connectivity index (χ0n) is 14.3. The van der Waals surface area contributed by atoms with Gasteiger partial charge < -0.3 is 5.11 Å². The van der Waals surface area contributed by atoms with Crippen LogP contribution in [-0.4, -0.2) is 17.0 Å². The minimum Gasteiger partial charge on any atom is -0.393 e. The van der Waals surface area contributed by atoms with Gasteiger partial charge in [-0.25, -0.2) is 0 Å². The van der Waals surface area contributed by atoms with Crippen LogP contribution in [0.2, 0.25) is 0 Å². The lowest BCUT2D eigenvalue weighted by atomic mass is 9.46. The molecule has 0 spiro atoms. The highest BCUT2D eigenvalue weighted by Crippen LogP contribution is 2.65. The highest BCUT2D eigenvalue weighted by Gasteiger charge is 2.59. The Morgan fingerprint density at radius 2 is 1.91 bits per heavy atom. The van der Waals surface area contributed by atoms with Gasteiger partial charge in [-0.1, -0.05) is 32.4 Å². The van der Waals surface area contributed by atoms with E-state index in [1.165, 1.54) is 24.8 Å². The fourth-order valence-corrected chi connectivity index (χ4v) is 6.81. The third-order valence-electron chi connectivity index (χ3n) is 8.22. The number of ketones is 1. The first-order valence-electron chi connectivity index (χ1n) is 9.27. The molecule has 0 saturated heterocycles. The molecule has 2 nitrogen and oxygen atoms in total. The average Bonchev–Trinajstić information content (AvgIpc) is 2.77. The van der Waals surface area contributed by atoms with E-state index in [1.54, 1.807) is 0 Å². The molecule has 0 aromatic carbocycles. The van der Waals surface area contributed by atoms with Crippen molar-refractivity contribution in [3.8, 4) is 0 Å². The van der Waals surface area contributed by atoms with E-state index < -0.39 is 0 Å². The Kier molecular flexibility index (Phi) is 3.18. The van der Waals surface area contributed by atoms with Gasteiger partial charge in [0.2, 0.25) is 0 Å². The van der Waals surface area contributed by atoms with Gasteiger partial charge in [-0.15, -0.1) is 0 Å². The van der Waals surface area contributed by atoms with Crippen LogP contribution >= 0.6 is 0 Å². The number of hydrogen-bond acceptors (Lipinski definition) is 2. The van der Waals surface area contributed by atoms with Crippen molar-refractivity contribution in [3.63, 3.8) is 0 Å². The van der Waals surface area contributed by atoms with Gasteiger partial charge in [-0.05, 0) is 66.6 Å². The number of allylic oxidation sites excluding steroid dienone is 2. The molecule has 1 N–H and O–H groups in total. The number of aliphatic hydroxyl groups is 1. The molecular formula is C20H30O2. The van der Waals surface area contributed by atoms with E-state index in [9.17, 15) is 9.90 Å². The molecule has 0 heterocycles. The molecule has 7 atom stereocenters. The van der Waals surface area contributed by atoms with Crippen molar-refractivity contribution in [1.82, 2.24) is 0 Å². The quantitative estimate of drug-likeness (QED) is 0.683. The van der Waals surface area contributed by atoms with Crippen LogP contribution in [-0.2, 0) is 4.79 Å². The summed E-state index contributed by atoms with van der Waals surface area (Å²) in [5, 5.41) is 10.5. The molecule has 4 rings (SSSR count). The third-order valence-corrected chi connectivity index (χ3v) is 8.22. The van der Waals surface area contributed by atoms with Crippen LogP contribution in [0.15, 0.2) is 11.6 Å². The van der Waals surface area contributed by atoms with Crippen molar-refractivity contribution >= 4 is 5.78 Å². The van der Waals surface area contributed by atoms with E-state index in [0.29, 0.717) is 30.0 Å². The molecule has 0 aromatic rings. The fourth-order valence-electron chi connectivity index (χ4n) is 6.81. The van der Waals surface area contributed by atoms with Crippen LogP contribution in [0.5, 0.6) is 0 Å². The number of aliphatic hydroxyl groups excluding tert-OH is 1. The van der Waals surface area contributed by atoms with Crippen LogP contribution in [0.25, 0.3) is 0 Å².